The highest BCUT2D eigenvalue weighted by molar-refractivity contribution is 7.80. The van der Waals surface area contributed by atoms with Crippen molar-refractivity contribution in [2.24, 2.45) is 5.92 Å². The van der Waals surface area contributed by atoms with Gasteiger partial charge in [-0.2, -0.15) is 25.3 Å². The van der Waals surface area contributed by atoms with E-state index in [2.05, 4.69) is 44.3 Å². The molecule has 0 heterocycles. The van der Waals surface area contributed by atoms with E-state index in [9.17, 15) is 0 Å². The van der Waals surface area contributed by atoms with Crippen molar-refractivity contribution in [2.45, 2.75) is 26.2 Å². The van der Waals surface area contributed by atoms with E-state index in [0.717, 1.165) is 17.9 Å². The largest absolute Gasteiger partial charge is 0.179 e. The minimum atomic E-state index is 0.636. The maximum absolute atomic E-state index is 4.36. The van der Waals surface area contributed by atoms with Gasteiger partial charge < -0.3 is 0 Å². The molecule has 0 fully saturated rings. The first kappa shape index (κ1) is 11.3. The highest BCUT2D eigenvalue weighted by Crippen LogP contribution is 2.26. The van der Waals surface area contributed by atoms with Crippen LogP contribution >= 0.6 is 25.3 Å². The lowest BCUT2D eigenvalue weighted by Crippen LogP contribution is -2.07. The van der Waals surface area contributed by atoms with Crippen LogP contribution in [0.2, 0.25) is 0 Å². The lowest BCUT2D eigenvalue weighted by molar-refractivity contribution is 0.704. The van der Waals surface area contributed by atoms with Gasteiger partial charge in [0.25, 0.3) is 0 Å². The van der Waals surface area contributed by atoms with Crippen LogP contribution in [-0.2, 0) is 0 Å². The topological polar surface area (TPSA) is 0 Å². The second-order valence-electron chi connectivity index (χ2n) is 3.60. The van der Waals surface area contributed by atoms with Crippen LogP contribution in [0, 0.1) is 5.92 Å². The summed E-state index contributed by atoms with van der Waals surface area (Å²) in [5.41, 5.74) is 2.95. The molecular weight excluding hydrogens is 196 g/mol. The average Bonchev–Trinajstić information content (AvgIpc) is 2.17. The number of allylic oxidation sites excluding steroid dienone is 3. The summed E-state index contributed by atoms with van der Waals surface area (Å²) in [6, 6.07) is 0. The maximum Gasteiger partial charge on any atom is 0.0116 e. The molecule has 0 bridgehead atoms. The SMILES string of the molecule is CCCC1=CC(CS)CC(CS)=C1. The Morgan fingerprint density at radius 2 is 2.23 bits per heavy atom. The second-order valence-corrected chi connectivity index (χ2v) is 4.28. The Labute approximate surface area is 92.3 Å². The molecule has 13 heavy (non-hydrogen) atoms. The van der Waals surface area contributed by atoms with Crippen LogP contribution in [0.25, 0.3) is 0 Å². The van der Waals surface area contributed by atoms with Crippen LogP contribution in [0.1, 0.15) is 26.2 Å². The molecule has 0 spiro atoms. The molecular formula is C11H18S2. The molecule has 0 aromatic rings. The summed E-state index contributed by atoms with van der Waals surface area (Å²) in [5, 5.41) is 0. The van der Waals surface area contributed by atoms with E-state index < -0.39 is 0 Å². The van der Waals surface area contributed by atoms with E-state index in [1.165, 1.54) is 24.0 Å². The monoisotopic (exact) mass is 214 g/mol. The van der Waals surface area contributed by atoms with E-state index in [-0.39, 0.29) is 0 Å². The molecule has 1 aliphatic rings. The third-order valence-electron chi connectivity index (χ3n) is 2.34. The fraction of sp³-hybridized carbons (Fsp3) is 0.636. The first-order valence-corrected chi connectivity index (χ1v) is 6.18. The van der Waals surface area contributed by atoms with Gasteiger partial charge in [-0.3, -0.25) is 0 Å². The number of hydrogen-bond acceptors (Lipinski definition) is 2. The molecule has 1 rings (SSSR count). The van der Waals surface area contributed by atoms with Crippen molar-refractivity contribution in [1.82, 2.24) is 0 Å². The molecule has 1 aliphatic carbocycles. The fourth-order valence-corrected chi connectivity index (χ4v) is 2.19. The minimum Gasteiger partial charge on any atom is -0.179 e. The normalized spacial score (nSPS) is 22.5. The summed E-state index contributed by atoms with van der Waals surface area (Å²) >= 11 is 8.69. The first-order valence-electron chi connectivity index (χ1n) is 4.92. The first-order chi connectivity index (χ1) is 6.30. The lowest BCUT2D eigenvalue weighted by Gasteiger charge is -2.19. The van der Waals surface area contributed by atoms with Gasteiger partial charge in [0.2, 0.25) is 0 Å². The highest BCUT2D eigenvalue weighted by atomic mass is 32.1. The van der Waals surface area contributed by atoms with Gasteiger partial charge >= 0.3 is 0 Å². The Kier molecular flexibility index (Phi) is 5.04. The van der Waals surface area contributed by atoms with Crippen LogP contribution < -0.4 is 0 Å². The predicted octanol–water partition coefficient (Wildman–Crippen LogP) is 3.52. The van der Waals surface area contributed by atoms with Gasteiger partial charge in [-0.15, -0.1) is 0 Å². The summed E-state index contributed by atoms with van der Waals surface area (Å²) in [7, 11) is 0. The van der Waals surface area contributed by atoms with Crippen LogP contribution in [0.4, 0.5) is 0 Å². The summed E-state index contributed by atoms with van der Waals surface area (Å²) < 4.78 is 0. The fourth-order valence-electron chi connectivity index (χ4n) is 1.74. The van der Waals surface area contributed by atoms with Gasteiger partial charge in [0.05, 0.1) is 0 Å². The Hall–Kier alpha value is 0.180. The van der Waals surface area contributed by atoms with Crippen LogP contribution in [-0.4, -0.2) is 11.5 Å². The Balaban J connectivity index is 2.67. The highest BCUT2D eigenvalue weighted by Gasteiger charge is 2.12. The standard InChI is InChI=1S/C11H18S2/c1-2-3-9-4-10(7-12)6-11(5-9)8-13/h4-5,10,12-13H,2-3,6-8H2,1H3. The third-order valence-corrected chi connectivity index (χ3v) is 3.22. The van der Waals surface area contributed by atoms with Crippen molar-refractivity contribution >= 4 is 25.3 Å². The maximum atomic E-state index is 4.36. The Bertz CT molecular complexity index is 216. The summed E-state index contributed by atoms with van der Waals surface area (Å²) in [6.45, 7) is 2.22. The van der Waals surface area contributed by atoms with Gasteiger partial charge in [-0.25, -0.2) is 0 Å². The predicted molar refractivity (Wildman–Crippen MR) is 66.9 cm³/mol. The Morgan fingerprint density at radius 3 is 2.77 bits per heavy atom. The zero-order valence-electron chi connectivity index (χ0n) is 8.16. The van der Waals surface area contributed by atoms with E-state index >= 15 is 0 Å². The second kappa shape index (κ2) is 5.82. The molecule has 1 atom stereocenters. The molecule has 0 radical (unpaired) electrons. The molecule has 0 N–H and O–H groups in total. The van der Waals surface area contributed by atoms with Crippen molar-refractivity contribution in [1.29, 1.82) is 0 Å². The van der Waals surface area contributed by atoms with E-state index in [1.54, 1.807) is 0 Å². The molecule has 0 amide bonds. The van der Waals surface area contributed by atoms with Crippen molar-refractivity contribution < 1.29 is 0 Å². The molecule has 0 aromatic carbocycles. The quantitative estimate of drug-likeness (QED) is 0.657. The van der Waals surface area contributed by atoms with Crippen molar-refractivity contribution in [3.63, 3.8) is 0 Å². The van der Waals surface area contributed by atoms with E-state index in [4.69, 9.17) is 0 Å². The molecule has 0 saturated carbocycles. The molecule has 2 heteroatoms. The number of thiol groups is 2. The van der Waals surface area contributed by atoms with Gasteiger partial charge in [0.15, 0.2) is 0 Å². The van der Waals surface area contributed by atoms with Crippen molar-refractivity contribution in [3.05, 3.63) is 23.3 Å². The summed E-state index contributed by atoms with van der Waals surface area (Å²) in [4.78, 5) is 0. The summed E-state index contributed by atoms with van der Waals surface area (Å²) in [6.07, 6.45) is 8.27. The molecule has 0 aromatic heterocycles. The molecule has 0 aliphatic heterocycles. The zero-order valence-corrected chi connectivity index (χ0v) is 9.95. The van der Waals surface area contributed by atoms with E-state index in [1.807, 2.05) is 0 Å². The average molecular weight is 214 g/mol. The van der Waals surface area contributed by atoms with Gasteiger partial charge in [-0.1, -0.05) is 36.6 Å². The third kappa shape index (κ3) is 3.43. The molecule has 1 unspecified atom stereocenters. The number of hydrogen-bond donors (Lipinski definition) is 2. The van der Waals surface area contributed by atoms with Crippen LogP contribution in [0.5, 0.6) is 0 Å². The van der Waals surface area contributed by atoms with Gasteiger partial charge in [0, 0.05) is 5.75 Å². The molecule has 0 nitrogen and oxygen atoms in total. The number of rotatable bonds is 4. The van der Waals surface area contributed by atoms with Crippen LogP contribution in [0.15, 0.2) is 23.3 Å². The Morgan fingerprint density at radius 1 is 1.46 bits per heavy atom. The van der Waals surface area contributed by atoms with E-state index in [0.29, 0.717) is 5.92 Å². The van der Waals surface area contributed by atoms with Crippen molar-refractivity contribution in [2.75, 3.05) is 11.5 Å². The van der Waals surface area contributed by atoms with Crippen molar-refractivity contribution in [3.8, 4) is 0 Å². The zero-order chi connectivity index (χ0) is 9.68. The van der Waals surface area contributed by atoms with Gasteiger partial charge in [0.1, 0.15) is 0 Å². The molecule has 74 valence electrons. The van der Waals surface area contributed by atoms with Crippen LogP contribution in [0.3, 0.4) is 0 Å². The van der Waals surface area contributed by atoms with Gasteiger partial charge in [-0.05, 0) is 24.5 Å². The summed E-state index contributed by atoms with van der Waals surface area (Å²) in [5.74, 6) is 2.49. The molecule has 0 saturated heterocycles. The smallest absolute Gasteiger partial charge is 0.0116 e. The lowest BCUT2D eigenvalue weighted by atomic mass is 9.90. The minimum absolute atomic E-state index is 0.636.